The monoisotopic (exact) mass is 313 g/mol. The lowest BCUT2D eigenvalue weighted by atomic mass is 10.2. The van der Waals surface area contributed by atoms with Crippen molar-refractivity contribution in [2.45, 2.75) is 24.5 Å². The van der Waals surface area contributed by atoms with E-state index in [1.807, 2.05) is 0 Å². The molecule has 0 unspecified atom stereocenters. The van der Waals surface area contributed by atoms with Crippen molar-refractivity contribution in [3.8, 4) is 0 Å². The van der Waals surface area contributed by atoms with Crippen LogP contribution < -0.4 is 5.73 Å². The number of hydrogen-bond donors (Lipinski definition) is 2. The average molecular weight is 313 g/mol. The summed E-state index contributed by atoms with van der Waals surface area (Å²) in [5.41, 5.74) is 5.28. The van der Waals surface area contributed by atoms with Crippen molar-refractivity contribution in [1.82, 2.24) is 4.31 Å². The quantitative estimate of drug-likeness (QED) is 0.288. The highest BCUT2D eigenvalue weighted by atomic mass is 32.2. The predicted octanol–water partition coefficient (Wildman–Crippen LogP) is -1.04. The molecule has 8 nitrogen and oxygen atoms in total. The van der Waals surface area contributed by atoms with E-state index in [2.05, 4.69) is 5.16 Å². The van der Waals surface area contributed by atoms with Crippen molar-refractivity contribution < 1.29 is 22.0 Å². The van der Waals surface area contributed by atoms with Gasteiger partial charge in [0.15, 0.2) is 0 Å². The van der Waals surface area contributed by atoms with Gasteiger partial charge in [-0.25, -0.2) is 21.1 Å². The van der Waals surface area contributed by atoms with Gasteiger partial charge in [-0.05, 0) is 12.8 Å². The van der Waals surface area contributed by atoms with Crippen LogP contribution in [0.1, 0.15) is 19.3 Å². The average Bonchev–Trinajstić information content (AvgIpc) is 2.34. The first-order chi connectivity index (χ1) is 8.69. The second-order valence-corrected chi connectivity index (χ2v) is 9.18. The standard InChI is InChI=1S/C9H19N3O5S2/c1-12(5-2-9(10)11-13)19(16,17)8-3-6-18(14,15)7-4-8/h8,13H,2-7H2,1H3,(H2,10,11). The SMILES string of the molecule is CN(CCC(N)=NO)S(=O)(=O)C1CCS(=O)(=O)CC1. The minimum absolute atomic E-state index is 0.0479. The van der Waals surface area contributed by atoms with E-state index >= 15 is 0 Å². The maximum Gasteiger partial charge on any atom is 0.216 e. The third-order valence-electron chi connectivity index (χ3n) is 3.17. The number of sulfonamides is 1. The molecule has 1 aliphatic rings. The lowest BCUT2D eigenvalue weighted by Crippen LogP contribution is -2.41. The van der Waals surface area contributed by atoms with E-state index in [9.17, 15) is 16.8 Å². The van der Waals surface area contributed by atoms with Gasteiger partial charge in [0.2, 0.25) is 10.0 Å². The Morgan fingerprint density at radius 3 is 2.42 bits per heavy atom. The first-order valence-electron chi connectivity index (χ1n) is 5.81. The highest BCUT2D eigenvalue weighted by Crippen LogP contribution is 2.21. The third-order valence-corrected chi connectivity index (χ3v) is 7.25. The summed E-state index contributed by atoms with van der Waals surface area (Å²) in [6, 6.07) is 0. The molecule has 3 N–H and O–H groups in total. The van der Waals surface area contributed by atoms with Gasteiger partial charge in [-0.15, -0.1) is 0 Å². The van der Waals surface area contributed by atoms with Crippen LogP contribution in [0.4, 0.5) is 0 Å². The number of amidine groups is 1. The summed E-state index contributed by atoms with van der Waals surface area (Å²) < 4.78 is 48.1. The number of hydrogen-bond acceptors (Lipinski definition) is 6. The molecule has 1 rings (SSSR count). The molecule has 1 fully saturated rings. The fourth-order valence-corrected chi connectivity index (χ4v) is 5.35. The first-order valence-corrected chi connectivity index (χ1v) is 9.13. The van der Waals surface area contributed by atoms with Crippen molar-refractivity contribution in [2.75, 3.05) is 25.1 Å². The molecular weight excluding hydrogens is 294 g/mol. The zero-order chi connectivity index (χ0) is 14.7. The summed E-state index contributed by atoms with van der Waals surface area (Å²) >= 11 is 0. The molecule has 0 saturated carbocycles. The molecule has 0 aromatic carbocycles. The van der Waals surface area contributed by atoms with Gasteiger partial charge in [0, 0.05) is 20.0 Å². The van der Waals surface area contributed by atoms with Gasteiger partial charge >= 0.3 is 0 Å². The number of oxime groups is 1. The van der Waals surface area contributed by atoms with Crippen molar-refractivity contribution in [3.05, 3.63) is 0 Å². The van der Waals surface area contributed by atoms with Gasteiger partial charge < -0.3 is 10.9 Å². The van der Waals surface area contributed by atoms with Crippen LogP contribution in [0, 0.1) is 0 Å². The summed E-state index contributed by atoms with van der Waals surface area (Å²) in [4.78, 5) is 0. The van der Waals surface area contributed by atoms with Gasteiger partial charge in [0.1, 0.15) is 15.7 Å². The van der Waals surface area contributed by atoms with E-state index in [1.54, 1.807) is 0 Å². The van der Waals surface area contributed by atoms with Crippen LogP contribution in [-0.4, -0.2) is 62.5 Å². The summed E-state index contributed by atoms with van der Waals surface area (Å²) in [5.74, 6) is -0.232. The van der Waals surface area contributed by atoms with Gasteiger partial charge in [0.05, 0.1) is 16.8 Å². The zero-order valence-electron chi connectivity index (χ0n) is 10.7. The predicted molar refractivity (Wildman–Crippen MR) is 71.3 cm³/mol. The summed E-state index contributed by atoms with van der Waals surface area (Å²) in [7, 11) is -5.22. The lowest BCUT2D eigenvalue weighted by Gasteiger charge is -2.27. The van der Waals surface area contributed by atoms with Crippen LogP contribution in [-0.2, 0) is 19.9 Å². The highest BCUT2D eigenvalue weighted by Gasteiger charge is 2.35. The van der Waals surface area contributed by atoms with E-state index in [0.717, 1.165) is 4.31 Å². The molecule has 0 aliphatic carbocycles. The van der Waals surface area contributed by atoms with Crippen LogP contribution in [0.2, 0.25) is 0 Å². The molecule has 0 aromatic rings. The molecule has 0 aromatic heterocycles. The largest absolute Gasteiger partial charge is 0.409 e. The maximum atomic E-state index is 12.2. The van der Waals surface area contributed by atoms with E-state index in [0.29, 0.717) is 0 Å². The van der Waals surface area contributed by atoms with Crippen molar-refractivity contribution >= 4 is 25.7 Å². The van der Waals surface area contributed by atoms with E-state index in [4.69, 9.17) is 10.9 Å². The van der Waals surface area contributed by atoms with Crippen LogP contribution in [0.3, 0.4) is 0 Å². The zero-order valence-corrected chi connectivity index (χ0v) is 12.3. The Bertz CT molecular complexity index is 526. The van der Waals surface area contributed by atoms with Crippen LogP contribution in [0.25, 0.3) is 0 Å². The molecule has 1 aliphatic heterocycles. The van der Waals surface area contributed by atoms with Crippen molar-refractivity contribution in [3.63, 3.8) is 0 Å². The Hall–Kier alpha value is -0.870. The molecule has 0 bridgehead atoms. The van der Waals surface area contributed by atoms with Crippen molar-refractivity contribution in [2.24, 2.45) is 10.9 Å². The fourth-order valence-electron chi connectivity index (χ4n) is 1.87. The molecule has 0 atom stereocenters. The van der Waals surface area contributed by atoms with E-state index in [-0.39, 0.29) is 43.1 Å². The fraction of sp³-hybridized carbons (Fsp3) is 0.889. The summed E-state index contributed by atoms with van der Waals surface area (Å²) in [6.07, 6.45) is 0.369. The summed E-state index contributed by atoms with van der Waals surface area (Å²) in [6.45, 7) is 0.0987. The van der Waals surface area contributed by atoms with Crippen LogP contribution in [0.15, 0.2) is 5.16 Å². The first kappa shape index (κ1) is 16.2. The van der Waals surface area contributed by atoms with Crippen LogP contribution >= 0.6 is 0 Å². The molecule has 1 heterocycles. The molecule has 19 heavy (non-hydrogen) atoms. The Morgan fingerprint density at radius 1 is 1.42 bits per heavy atom. The van der Waals surface area contributed by atoms with Gasteiger partial charge in [0.25, 0.3) is 0 Å². The summed E-state index contributed by atoms with van der Waals surface area (Å²) in [5, 5.41) is 10.5. The third kappa shape index (κ3) is 4.32. The maximum absolute atomic E-state index is 12.2. The van der Waals surface area contributed by atoms with Crippen molar-refractivity contribution in [1.29, 1.82) is 0 Å². The molecular formula is C9H19N3O5S2. The number of sulfone groups is 1. The van der Waals surface area contributed by atoms with Gasteiger partial charge in [-0.1, -0.05) is 5.16 Å². The minimum Gasteiger partial charge on any atom is -0.409 e. The highest BCUT2D eigenvalue weighted by molar-refractivity contribution is 7.92. The van der Waals surface area contributed by atoms with Gasteiger partial charge in [-0.3, -0.25) is 0 Å². The number of nitrogens with zero attached hydrogens (tertiary/aromatic N) is 2. The van der Waals surface area contributed by atoms with Gasteiger partial charge in [-0.2, -0.15) is 0 Å². The molecule has 0 radical (unpaired) electrons. The Balaban J connectivity index is 2.65. The Labute approximate surface area is 113 Å². The number of rotatable bonds is 5. The lowest BCUT2D eigenvalue weighted by molar-refractivity contribution is 0.316. The topological polar surface area (TPSA) is 130 Å². The molecule has 10 heteroatoms. The number of nitrogens with two attached hydrogens (primary N) is 1. The Kier molecular flexibility index (Phi) is 5.16. The molecule has 0 spiro atoms. The molecule has 112 valence electrons. The van der Waals surface area contributed by atoms with Crippen LogP contribution in [0.5, 0.6) is 0 Å². The minimum atomic E-state index is -3.54. The second-order valence-electron chi connectivity index (χ2n) is 4.56. The van der Waals surface area contributed by atoms with E-state index < -0.39 is 25.1 Å². The van der Waals surface area contributed by atoms with E-state index in [1.165, 1.54) is 7.05 Å². The normalized spacial score (nSPS) is 21.7. The molecule has 1 saturated heterocycles. The second kappa shape index (κ2) is 6.06. The Morgan fingerprint density at radius 2 is 1.95 bits per heavy atom. The smallest absolute Gasteiger partial charge is 0.216 e. The molecule has 0 amide bonds.